The van der Waals surface area contributed by atoms with Crippen molar-refractivity contribution in [1.82, 2.24) is 14.5 Å². The highest BCUT2D eigenvalue weighted by Gasteiger charge is 2.51. The second-order valence-corrected chi connectivity index (χ2v) is 7.72. The van der Waals surface area contributed by atoms with Gasteiger partial charge in [-0.1, -0.05) is 18.2 Å². The predicted octanol–water partition coefficient (Wildman–Crippen LogP) is 0.991. The van der Waals surface area contributed by atoms with Crippen LogP contribution in [0.5, 0.6) is 0 Å². The number of nitrogen functional groups attached to an aromatic ring is 1. The van der Waals surface area contributed by atoms with Gasteiger partial charge in [0.05, 0.1) is 5.56 Å². The molecular weight excluding hydrogens is 460 g/mol. The minimum absolute atomic E-state index is 0.0405. The second-order valence-electron chi connectivity index (χ2n) is 7.72. The van der Waals surface area contributed by atoms with Gasteiger partial charge in [-0.25, -0.2) is 14.8 Å². The lowest BCUT2D eigenvalue weighted by Gasteiger charge is -2.25. The third kappa shape index (κ3) is 4.96. The third-order valence-corrected chi connectivity index (χ3v) is 5.29. The molecule has 1 aromatic carbocycles. The molecule has 0 saturated carbocycles. The van der Waals surface area contributed by atoms with Crippen molar-refractivity contribution in [1.29, 1.82) is 0 Å². The van der Waals surface area contributed by atoms with Crippen molar-refractivity contribution in [2.45, 2.75) is 38.4 Å². The van der Waals surface area contributed by atoms with Crippen LogP contribution in [-0.4, -0.2) is 57.4 Å². The molecule has 3 aromatic rings. The van der Waals surface area contributed by atoms with Gasteiger partial charge in [-0.2, -0.15) is 0 Å². The van der Waals surface area contributed by atoms with E-state index in [1.165, 1.54) is 37.0 Å². The lowest BCUT2D eigenvalue weighted by atomic mass is 10.1. The minimum atomic E-state index is -1.15. The maximum absolute atomic E-state index is 12.4. The number of rotatable bonds is 6. The van der Waals surface area contributed by atoms with E-state index < -0.39 is 47.9 Å². The number of benzene rings is 1. The number of hydrogen-bond acceptors (Lipinski definition) is 11. The van der Waals surface area contributed by atoms with Crippen molar-refractivity contribution in [2.24, 2.45) is 0 Å². The van der Waals surface area contributed by atoms with E-state index in [1.54, 1.807) is 30.3 Å². The Morgan fingerprint density at radius 1 is 1.03 bits per heavy atom. The van der Waals surface area contributed by atoms with Crippen molar-refractivity contribution in [3.8, 4) is 0 Å². The van der Waals surface area contributed by atoms with E-state index in [0.717, 1.165) is 0 Å². The predicted molar refractivity (Wildman–Crippen MR) is 120 cm³/mol. The maximum atomic E-state index is 12.4. The molecule has 4 atom stereocenters. The summed E-state index contributed by atoms with van der Waals surface area (Å²) in [6.07, 6.45) is -1.82. The first-order chi connectivity index (χ1) is 16.8. The number of fused-ring (bicyclic) bond motifs is 1. The fourth-order valence-corrected chi connectivity index (χ4v) is 3.86. The number of aromatic nitrogens is 3. The number of esters is 3. The molecule has 2 N–H and O–H groups in total. The topological polar surface area (TPSA) is 162 Å². The Balaban J connectivity index is 1.71. The maximum Gasteiger partial charge on any atom is 0.338 e. The van der Waals surface area contributed by atoms with Crippen LogP contribution < -0.4 is 11.2 Å². The summed E-state index contributed by atoms with van der Waals surface area (Å²) in [5.74, 6) is -1.98. The Bertz CT molecular complexity index is 1330. The molecule has 1 aliphatic heterocycles. The monoisotopic (exact) mass is 482 g/mol. The SMILES string of the molecule is CC(=O)O[C@@H]1[C@@H](OC(C)=O)[C@@H](COC(=O)c2ccccc2)O[C@H]1n1ccc(=O)c2c(N)ncnc21. The molecule has 0 spiro atoms. The molecule has 0 radical (unpaired) electrons. The Labute approximate surface area is 198 Å². The van der Waals surface area contributed by atoms with E-state index in [4.69, 9.17) is 24.7 Å². The first-order valence-corrected chi connectivity index (χ1v) is 10.6. The molecule has 12 nitrogen and oxygen atoms in total. The van der Waals surface area contributed by atoms with Gasteiger partial charge < -0.3 is 29.2 Å². The van der Waals surface area contributed by atoms with Crippen LogP contribution in [0.25, 0.3) is 11.0 Å². The number of ether oxygens (including phenoxy) is 4. The van der Waals surface area contributed by atoms with E-state index in [9.17, 15) is 19.2 Å². The van der Waals surface area contributed by atoms with Gasteiger partial charge in [0.25, 0.3) is 0 Å². The molecule has 12 heteroatoms. The molecule has 3 heterocycles. The number of hydrogen-bond donors (Lipinski definition) is 1. The molecule has 1 aliphatic rings. The number of nitrogens with zero attached hydrogens (tertiary/aromatic N) is 3. The van der Waals surface area contributed by atoms with Gasteiger partial charge in [0.15, 0.2) is 29.5 Å². The van der Waals surface area contributed by atoms with E-state index in [0.29, 0.717) is 5.56 Å². The molecule has 35 heavy (non-hydrogen) atoms. The average Bonchev–Trinajstić information content (AvgIpc) is 3.14. The van der Waals surface area contributed by atoms with Crippen LogP contribution in [0.4, 0.5) is 5.82 Å². The van der Waals surface area contributed by atoms with E-state index in [2.05, 4.69) is 9.97 Å². The van der Waals surface area contributed by atoms with Crippen LogP contribution >= 0.6 is 0 Å². The molecule has 182 valence electrons. The quantitative estimate of drug-likeness (QED) is 0.394. The summed E-state index contributed by atoms with van der Waals surface area (Å²) in [6, 6.07) is 9.54. The first kappa shape index (κ1) is 23.8. The number of carbonyl (C=O) groups excluding carboxylic acids is 3. The highest BCUT2D eigenvalue weighted by atomic mass is 16.7. The van der Waals surface area contributed by atoms with Gasteiger partial charge in [0.1, 0.15) is 30.2 Å². The summed E-state index contributed by atoms with van der Waals surface area (Å²) in [4.78, 5) is 56.6. The van der Waals surface area contributed by atoms with E-state index in [-0.39, 0.29) is 23.5 Å². The minimum Gasteiger partial charge on any atom is -0.459 e. The Hall–Kier alpha value is -4.32. The highest BCUT2D eigenvalue weighted by Crippen LogP contribution is 2.35. The van der Waals surface area contributed by atoms with Crippen molar-refractivity contribution in [3.63, 3.8) is 0 Å². The van der Waals surface area contributed by atoms with Crippen LogP contribution in [0.2, 0.25) is 0 Å². The van der Waals surface area contributed by atoms with Gasteiger partial charge in [-0.15, -0.1) is 0 Å². The second kappa shape index (κ2) is 9.89. The molecule has 1 fully saturated rings. The third-order valence-electron chi connectivity index (χ3n) is 5.29. The average molecular weight is 482 g/mol. The number of carbonyl (C=O) groups is 3. The number of pyridine rings is 1. The summed E-state index contributed by atoms with van der Waals surface area (Å²) in [5, 5.41) is 0.0446. The van der Waals surface area contributed by atoms with Crippen LogP contribution in [-0.2, 0) is 28.5 Å². The van der Waals surface area contributed by atoms with E-state index >= 15 is 0 Å². The Kier molecular flexibility index (Phi) is 6.73. The molecule has 0 bridgehead atoms. The molecule has 0 unspecified atom stereocenters. The van der Waals surface area contributed by atoms with Gasteiger partial charge in [0.2, 0.25) is 0 Å². The standard InChI is InChI=1S/C23H22N4O8/c1-12(28)33-18-16(10-32-23(31)14-6-4-3-5-7-14)35-22(19(18)34-13(2)29)27-9-8-15(30)17-20(24)25-11-26-21(17)27/h3-9,11,16,18-19,22H,10H2,1-2H3,(H2,24,25,26)/t16-,18+,19-,22-/m1/s1. The van der Waals surface area contributed by atoms with Crippen molar-refractivity contribution in [2.75, 3.05) is 12.3 Å². The zero-order valence-electron chi connectivity index (χ0n) is 18.8. The lowest BCUT2D eigenvalue weighted by Crippen LogP contribution is -2.40. The van der Waals surface area contributed by atoms with Crippen LogP contribution in [0, 0.1) is 0 Å². The summed E-state index contributed by atoms with van der Waals surface area (Å²) in [6.45, 7) is 2.07. The van der Waals surface area contributed by atoms with Crippen molar-refractivity contribution >= 4 is 34.8 Å². The number of anilines is 1. The summed E-state index contributed by atoms with van der Waals surface area (Å²) < 4.78 is 23.8. The van der Waals surface area contributed by atoms with Crippen LogP contribution in [0.3, 0.4) is 0 Å². The normalized spacial score (nSPS) is 21.4. The summed E-state index contributed by atoms with van der Waals surface area (Å²) in [5.41, 5.74) is 5.91. The Morgan fingerprint density at radius 2 is 1.71 bits per heavy atom. The van der Waals surface area contributed by atoms with Crippen LogP contribution in [0.15, 0.2) is 53.7 Å². The molecule has 1 saturated heterocycles. The molecule has 0 amide bonds. The zero-order valence-corrected chi connectivity index (χ0v) is 18.8. The van der Waals surface area contributed by atoms with E-state index in [1.807, 2.05) is 0 Å². The zero-order chi connectivity index (χ0) is 25.1. The fourth-order valence-electron chi connectivity index (χ4n) is 3.86. The molecule has 2 aromatic heterocycles. The fraction of sp³-hybridized carbons (Fsp3) is 0.304. The summed E-state index contributed by atoms with van der Waals surface area (Å²) >= 11 is 0. The molecular formula is C23H22N4O8. The van der Waals surface area contributed by atoms with Crippen molar-refractivity contribution in [3.05, 3.63) is 64.7 Å². The lowest BCUT2D eigenvalue weighted by molar-refractivity contribution is -0.165. The molecule has 4 rings (SSSR count). The van der Waals surface area contributed by atoms with Gasteiger partial charge in [0, 0.05) is 26.1 Å². The summed E-state index contributed by atoms with van der Waals surface area (Å²) in [7, 11) is 0. The number of nitrogens with two attached hydrogens (primary N) is 1. The van der Waals surface area contributed by atoms with Gasteiger partial charge in [-0.3, -0.25) is 14.4 Å². The largest absolute Gasteiger partial charge is 0.459 e. The first-order valence-electron chi connectivity index (χ1n) is 10.6. The van der Waals surface area contributed by atoms with Crippen LogP contribution in [0.1, 0.15) is 30.4 Å². The van der Waals surface area contributed by atoms with Gasteiger partial charge in [-0.05, 0) is 12.1 Å². The highest BCUT2D eigenvalue weighted by molar-refractivity contribution is 5.89. The Morgan fingerprint density at radius 3 is 2.40 bits per heavy atom. The van der Waals surface area contributed by atoms with Crippen molar-refractivity contribution < 1.29 is 33.3 Å². The smallest absolute Gasteiger partial charge is 0.338 e. The molecule has 0 aliphatic carbocycles. The van der Waals surface area contributed by atoms with Gasteiger partial charge >= 0.3 is 17.9 Å².